The van der Waals surface area contributed by atoms with E-state index in [9.17, 15) is 18.4 Å². The molecule has 132 valence electrons. The second kappa shape index (κ2) is 7.73. The van der Waals surface area contributed by atoms with Crippen molar-refractivity contribution >= 4 is 11.9 Å². The van der Waals surface area contributed by atoms with Gasteiger partial charge in [0.2, 0.25) is 0 Å². The highest BCUT2D eigenvalue weighted by atomic mass is 19.1. The summed E-state index contributed by atoms with van der Waals surface area (Å²) in [6.45, 7) is 5.62. The number of carbonyl (C=O) groups is 2. The highest BCUT2D eigenvalue weighted by molar-refractivity contribution is 5.92. The average molecular weight is 339 g/mol. The predicted octanol–water partition coefficient (Wildman–Crippen LogP) is 3.45. The second-order valence-electron chi connectivity index (χ2n) is 6.53. The summed E-state index contributed by atoms with van der Waals surface area (Å²) in [6, 6.07) is 3.11. The quantitative estimate of drug-likeness (QED) is 0.855. The van der Waals surface area contributed by atoms with Gasteiger partial charge in [-0.15, -0.1) is 0 Å². The molecule has 0 spiro atoms. The molecule has 2 rings (SSSR count). The lowest BCUT2D eigenvalue weighted by Gasteiger charge is -2.35. The molecular weight excluding hydrogens is 316 g/mol. The van der Waals surface area contributed by atoms with E-state index in [2.05, 4.69) is 19.2 Å². The highest BCUT2D eigenvalue weighted by Crippen LogP contribution is 2.29. The normalized spacial score (nSPS) is 25.0. The van der Waals surface area contributed by atoms with Crippen molar-refractivity contribution in [1.82, 2.24) is 5.32 Å². The van der Waals surface area contributed by atoms with Crippen molar-refractivity contribution in [2.45, 2.75) is 52.2 Å². The number of esters is 1. The molecule has 1 fully saturated rings. The van der Waals surface area contributed by atoms with Crippen LogP contribution in [0.5, 0.6) is 0 Å². The fourth-order valence-electron chi connectivity index (χ4n) is 3.05. The van der Waals surface area contributed by atoms with E-state index in [-0.39, 0.29) is 6.04 Å². The Morgan fingerprint density at radius 2 is 1.83 bits per heavy atom. The Hall–Kier alpha value is -1.98. The van der Waals surface area contributed by atoms with Gasteiger partial charge in [-0.1, -0.05) is 32.8 Å². The van der Waals surface area contributed by atoms with Gasteiger partial charge >= 0.3 is 5.97 Å². The van der Waals surface area contributed by atoms with E-state index in [1.807, 2.05) is 0 Å². The first kappa shape index (κ1) is 18.4. The van der Waals surface area contributed by atoms with Gasteiger partial charge in [-0.2, -0.15) is 0 Å². The van der Waals surface area contributed by atoms with Crippen LogP contribution in [0.1, 0.15) is 50.4 Å². The Morgan fingerprint density at radius 1 is 1.21 bits per heavy atom. The largest absolute Gasteiger partial charge is 0.449 e. The van der Waals surface area contributed by atoms with Crippen LogP contribution < -0.4 is 5.32 Å². The molecule has 6 heteroatoms. The van der Waals surface area contributed by atoms with Gasteiger partial charge in [0.1, 0.15) is 17.2 Å². The van der Waals surface area contributed by atoms with Crippen molar-refractivity contribution in [1.29, 1.82) is 0 Å². The molecule has 0 saturated heterocycles. The molecule has 1 aliphatic rings. The average Bonchev–Trinajstić information content (AvgIpc) is 2.51. The van der Waals surface area contributed by atoms with Gasteiger partial charge in [0.05, 0.1) is 0 Å². The summed E-state index contributed by atoms with van der Waals surface area (Å²) >= 11 is 0. The lowest BCUT2D eigenvalue weighted by atomic mass is 9.78. The van der Waals surface area contributed by atoms with E-state index in [4.69, 9.17) is 4.74 Å². The third-order valence-electron chi connectivity index (χ3n) is 4.85. The number of halogens is 2. The Labute approximate surface area is 140 Å². The molecule has 4 atom stereocenters. The van der Waals surface area contributed by atoms with Gasteiger partial charge in [-0.3, -0.25) is 4.79 Å². The van der Waals surface area contributed by atoms with Gasteiger partial charge in [-0.25, -0.2) is 13.6 Å². The van der Waals surface area contributed by atoms with Crippen LogP contribution in [0, 0.1) is 23.5 Å². The maximum Gasteiger partial charge on any atom is 0.344 e. The van der Waals surface area contributed by atoms with E-state index >= 15 is 0 Å². The molecule has 0 bridgehead atoms. The number of ether oxygens (including phenoxy) is 1. The van der Waals surface area contributed by atoms with Gasteiger partial charge in [0, 0.05) is 6.04 Å². The van der Waals surface area contributed by atoms with Gasteiger partial charge in [0.15, 0.2) is 6.10 Å². The van der Waals surface area contributed by atoms with E-state index in [0.29, 0.717) is 11.8 Å². The maximum atomic E-state index is 13.6. The summed E-state index contributed by atoms with van der Waals surface area (Å²) < 4.78 is 32.1. The lowest BCUT2D eigenvalue weighted by Crippen LogP contribution is -2.47. The third-order valence-corrected chi connectivity index (χ3v) is 4.85. The van der Waals surface area contributed by atoms with Crippen molar-refractivity contribution in [3.63, 3.8) is 0 Å². The summed E-state index contributed by atoms with van der Waals surface area (Å²) in [4.78, 5) is 24.2. The van der Waals surface area contributed by atoms with Crippen molar-refractivity contribution in [3.05, 3.63) is 35.4 Å². The number of carbonyl (C=O) groups excluding carboxylic acids is 2. The number of benzene rings is 1. The van der Waals surface area contributed by atoms with Crippen molar-refractivity contribution in [3.8, 4) is 0 Å². The SMILES string of the molecule is C[C@@H]1[C@H](C)CCC[C@H]1NC(=O)[C@@H](C)OC(=O)c1c(F)cccc1F. The summed E-state index contributed by atoms with van der Waals surface area (Å²) in [5.41, 5.74) is -0.781. The zero-order valence-corrected chi connectivity index (χ0v) is 14.1. The summed E-state index contributed by atoms with van der Waals surface area (Å²) in [6.07, 6.45) is 1.91. The van der Waals surface area contributed by atoms with E-state index in [1.165, 1.54) is 6.92 Å². The first-order valence-electron chi connectivity index (χ1n) is 8.26. The highest BCUT2D eigenvalue weighted by Gasteiger charge is 2.30. The molecule has 0 heterocycles. The molecule has 0 aromatic heterocycles. The fraction of sp³-hybridized carbons (Fsp3) is 0.556. The minimum atomic E-state index is -1.18. The Morgan fingerprint density at radius 3 is 2.46 bits per heavy atom. The van der Waals surface area contributed by atoms with E-state index < -0.39 is 35.2 Å². The number of hydrogen-bond acceptors (Lipinski definition) is 3. The number of hydrogen-bond donors (Lipinski definition) is 1. The molecule has 24 heavy (non-hydrogen) atoms. The van der Waals surface area contributed by atoms with Crippen LogP contribution >= 0.6 is 0 Å². The Bertz CT molecular complexity index is 600. The van der Waals surface area contributed by atoms with Gasteiger partial charge < -0.3 is 10.1 Å². The molecule has 0 unspecified atom stereocenters. The fourth-order valence-corrected chi connectivity index (χ4v) is 3.05. The number of nitrogens with one attached hydrogen (secondary N) is 1. The van der Waals surface area contributed by atoms with Gasteiger partial charge in [-0.05, 0) is 37.3 Å². The van der Waals surface area contributed by atoms with E-state index in [0.717, 1.165) is 37.5 Å². The molecule has 1 amide bonds. The molecule has 1 aromatic carbocycles. The first-order valence-corrected chi connectivity index (χ1v) is 8.26. The van der Waals surface area contributed by atoms with Crippen LogP contribution in [-0.2, 0) is 9.53 Å². The standard InChI is InChI=1S/C18H23F2NO3/c1-10-6-4-9-15(11(10)2)21-17(22)12(3)24-18(23)16-13(19)7-5-8-14(16)20/h5,7-8,10-12,15H,4,6,9H2,1-3H3,(H,21,22)/t10-,11-,12-,15-/m1/s1. The molecule has 1 aliphatic carbocycles. The smallest absolute Gasteiger partial charge is 0.344 e. The number of rotatable bonds is 4. The summed E-state index contributed by atoms with van der Waals surface area (Å²) in [7, 11) is 0. The molecule has 1 N–H and O–H groups in total. The van der Waals surface area contributed by atoms with Crippen molar-refractivity contribution < 1.29 is 23.1 Å². The van der Waals surface area contributed by atoms with Crippen molar-refractivity contribution in [2.24, 2.45) is 11.8 Å². The second-order valence-corrected chi connectivity index (χ2v) is 6.53. The summed E-state index contributed by atoms with van der Waals surface area (Å²) in [5, 5.41) is 2.88. The zero-order valence-electron chi connectivity index (χ0n) is 14.1. The van der Waals surface area contributed by atoms with Crippen LogP contribution in [0.3, 0.4) is 0 Å². The molecule has 0 radical (unpaired) electrons. The molecule has 4 nitrogen and oxygen atoms in total. The van der Waals surface area contributed by atoms with E-state index in [1.54, 1.807) is 0 Å². The van der Waals surface area contributed by atoms with Crippen LogP contribution in [0.15, 0.2) is 18.2 Å². The van der Waals surface area contributed by atoms with Crippen LogP contribution in [0.25, 0.3) is 0 Å². The molecule has 1 saturated carbocycles. The molecular formula is C18H23F2NO3. The predicted molar refractivity (Wildman–Crippen MR) is 85.3 cm³/mol. The Balaban J connectivity index is 1.97. The Kier molecular flexibility index (Phi) is 5.91. The zero-order chi connectivity index (χ0) is 17.9. The monoisotopic (exact) mass is 339 g/mol. The molecule has 0 aliphatic heterocycles. The first-order chi connectivity index (χ1) is 11.3. The van der Waals surface area contributed by atoms with Crippen LogP contribution in [0.4, 0.5) is 8.78 Å². The number of amides is 1. The summed E-state index contributed by atoms with van der Waals surface area (Å²) in [5.74, 6) is -2.82. The maximum absolute atomic E-state index is 13.6. The van der Waals surface area contributed by atoms with Crippen LogP contribution in [0.2, 0.25) is 0 Å². The van der Waals surface area contributed by atoms with Gasteiger partial charge in [0.25, 0.3) is 5.91 Å². The minimum Gasteiger partial charge on any atom is -0.449 e. The van der Waals surface area contributed by atoms with Crippen LogP contribution in [-0.4, -0.2) is 24.0 Å². The lowest BCUT2D eigenvalue weighted by molar-refractivity contribution is -0.130. The topological polar surface area (TPSA) is 55.4 Å². The van der Waals surface area contributed by atoms with Crippen molar-refractivity contribution in [2.75, 3.05) is 0 Å². The third kappa shape index (κ3) is 4.10. The molecule has 1 aromatic rings. The minimum absolute atomic E-state index is 0.0209.